The molecule has 276 valence electrons. The molecule has 2 saturated carbocycles. The highest BCUT2D eigenvalue weighted by Crippen LogP contribution is 2.56. The Morgan fingerprint density at radius 1 is 0.456 bits per heavy atom. The van der Waals surface area contributed by atoms with Crippen molar-refractivity contribution in [1.82, 2.24) is 0 Å². The monoisotopic (exact) mass is 733 g/mol. The van der Waals surface area contributed by atoms with Gasteiger partial charge in [0, 0.05) is 22.4 Å². The first-order valence-corrected chi connectivity index (χ1v) is 20.9. The summed E-state index contributed by atoms with van der Waals surface area (Å²) >= 11 is 0. The Hall–Kier alpha value is -6.18. The average molecular weight is 734 g/mol. The standard InChI is InChI=1S/C56H47N/c1-55(2)50-18-7-6-15-49(50)54-51(55)19-10-20-52(54)57(45-29-23-40(24-30-45)39-21-27-44(28-22-39)56-35-33-38(37-56)34-36-56)46-31-25-42(26-32-46)48-17-9-14-43-13-8-16-47(53(43)48)41-11-4-3-5-12-41/h3-32,38H,33-37H2,1-2H3. The zero-order valence-electron chi connectivity index (χ0n) is 32.9. The molecule has 3 aliphatic rings. The fourth-order valence-electron chi connectivity index (χ4n) is 11.0. The van der Waals surface area contributed by atoms with Crippen molar-refractivity contribution in [3.63, 3.8) is 0 Å². The fourth-order valence-corrected chi connectivity index (χ4v) is 11.0. The van der Waals surface area contributed by atoms with E-state index in [4.69, 9.17) is 0 Å². The molecule has 0 aromatic heterocycles. The van der Waals surface area contributed by atoms with Gasteiger partial charge in [-0.2, -0.15) is 0 Å². The van der Waals surface area contributed by atoms with Gasteiger partial charge in [0.1, 0.15) is 0 Å². The van der Waals surface area contributed by atoms with Crippen LogP contribution in [0.1, 0.15) is 62.6 Å². The van der Waals surface area contributed by atoms with Crippen molar-refractivity contribution in [2.24, 2.45) is 5.92 Å². The maximum Gasteiger partial charge on any atom is 0.0543 e. The van der Waals surface area contributed by atoms with Crippen LogP contribution in [0.25, 0.3) is 55.3 Å². The summed E-state index contributed by atoms with van der Waals surface area (Å²) < 4.78 is 0. The van der Waals surface area contributed by atoms with Crippen molar-refractivity contribution in [2.75, 3.05) is 4.90 Å². The smallest absolute Gasteiger partial charge is 0.0543 e. The summed E-state index contributed by atoms with van der Waals surface area (Å²) in [6.07, 6.45) is 6.94. The normalized spacial score (nSPS) is 18.7. The second kappa shape index (κ2) is 13.2. The van der Waals surface area contributed by atoms with Gasteiger partial charge in [0.2, 0.25) is 0 Å². The van der Waals surface area contributed by atoms with E-state index in [0.717, 1.165) is 17.3 Å². The van der Waals surface area contributed by atoms with Crippen LogP contribution in [0.3, 0.4) is 0 Å². The number of fused-ring (bicyclic) bond motifs is 6. The van der Waals surface area contributed by atoms with E-state index in [1.807, 2.05) is 0 Å². The molecule has 8 aromatic carbocycles. The molecule has 1 nitrogen and oxygen atoms in total. The van der Waals surface area contributed by atoms with Gasteiger partial charge in [0.05, 0.1) is 5.69 Å². The van der Waals surface area contributed by atoms with Crippen molar-refractivity contribution in [3.05, 3.63) is 199 Å². The summed E-state index contributed by atoms with van der Waals surface area (Å²) in [5, 5.41) is 2.54. The topological polar surface area (TPSA) is 3.24 Å². The molecule has 0 aliphatic heterocycles. The molecule has 3 aliphatic carbocycles. The van der Waals surface area contributed by atoms with Gasteiger partial charge >= 0.3 is 0 Å². The van der Waals surface area contributed by atoms with Crippen LogP contribution in [0.5, 0.6) is 0 Å². The van der Waals surface area contributed by atoms with Crippen molar-refractivity contribution in [2.45, 2.75) is 56.8 Å². The molecule has 8 aromatic rings. The van der Waals surface area contributed by atoms with Crippen molar-refractivity contribution >= 4 is 27.8 Å². The van der Waals surface area contributed by atoms with Gasteiger partial charge in [0.15, 0.2) is 0 Å². The number of rotatable bonds is 7. The third kappa shape index (κ3) is 5.51. The first kappa shape index (κ1) is 34.1. The highest BCUT2D eigenvalue weighted by molar-refractivity contribution is 6.06. The maximum absolute atomic E-state index is 2.47. The van der Waals surface area contributed by atoms with Crippen molar-refractivity contribution in [1.29, 1.82) is 0 Å². The maximum atomic E-state index is 2.47. The van der Waals surface area contributed by atoms with Crippen LogP contribution in [-0.4, -0.2) is 0 Å². The molecule has 0 heterocycles. The predicted molar refractivity (Wildman–Crippen MR) is 241 cm³/mol. The Morgan fingerprint density at radius 2 is 0.982 bits per heavy atom. The van der Waals surface area contributed by atoms with Gasteiger partial charge in [-0.3, -0.25) is 0 Å². The molecule has 2 bridgehead atoms. The van der Waals surface area contributed by atoms with Gasteiger partial charge in [-0.25, -0.2) is 0 Å². The number of nitrogens with zero attached hydrogens (tertiary/aromatic N) is 1. The molecule has 0 N–H and O–H groups in total. The highest BCUT2D eigenvalue weighted by atomic mass is 15.1. The number of anilines is 3. The van der Waals surface area contributed by atoms with E-state index in [0.29, 0.717) is 5.41 Å². The van der Waals surface area contributed by atoms with E-state index in [1.165, 1.54) is 104 Å². The summed E-state index contributed by atoms with van der Waals surface area (Å²) in [6, 6.07) is 68.1. The first-order valence-electron chi connectivity index (χ1n) is 20.9. The molecular weight excluding hydrogens is 687 g/mol. The second-order valence-electron chi connectivity index (χ2n) is 17.4. The quantitative estimate of drug-likeness (QED) is 0.158. The summed E-state index contributed by atoms with van der Waals surface area (Å²) in [5.41, 5.74) is 18.3. The Kier molecular flexibility index (Phi) is 7.90. The Bertz CT molecular complexity index is 2760. The molecule has 0 saturated heterocycles. The highest BCUT2D eigenvalue weighted by Gasteiger charge is 2.45. The van der Waals surface area contributed by atoms with E-state index in [9.17, 15) is 0 Å². The third-order valence-corrected chi connectivity index (χ3v) is 14.0. The van der Waals surface area contributed by atoms with Crippen LogP contribution in [0.2, 0.25) is 0 Å². The van der Waals surface area contributed by atoms with Crippen LogP contribution < -0.4 is 4.90 Å². The third-order valence-electron chi connectivity index (χ3n) is 14.0. The minimum atomic E-state index is -0.0875. The Balaban J connectivity index is 1.02. The van der Waals surface area contributed by atoms with E-state index in [1.54, 1.807) is 5.56 Å². The zero-order chi connectivity index (χ0) is 38.1. The van der Waals surface area contributed by atoms with E-state index in [-0.39, 0.29) is 5.41 Å². The molecule has 0 atom stereocenters. The van der Waals surface area contributed by atoms with Gasteiger partial charge in [-0.1, -0.05) is 166 Å². The SMILES string of the molecule is CC1(C)c2ccccc2-c2c(N(c3ccc(-c4ccc(C56CCC(CC5)C6)cc4)cc3)c3ccc(-c4cccc5cccc(-c6ccccc6)c45)cc3)cccc21. The average Bonchev–Trinajstić information content (AvgIpc) is 3.96. The van der Waals surface area contributed by atoms with E-state index in [2.05, 4.69) is 201 Å². The summed E-state index contributed by atoms with van der Waals surface area (Å²) in [4.78, 5) is 2.47. The van der Waals surface area contributed by atoms with Crippen molar-refractivity contribution in [3.8, 4) is 44.5 Å². The molecule has 57 heavy (non-hydrogen) atoms. The molecule has 0 unspecified atom stereocenters. The second-order valence-corrected chi connectivity index (χ2v) is 17.4. The molecule has 0 amide bonds. The first-order chi connectivity index (χ1) is 28.0. The minimum absolute atomic E-state index is 0.0875. The lowest BCUT2D eigenvalue weighted by atomic mass is 9.77. The lowest BCUT2D eigenvalue weighted by Gasteiger charge is -2.29. The summed E-state index contributed by atoms with van der Waals surface area (Å²) in [6.45, 7) is 4.73. The zero-order valence-corrected chi connectivity index (χ0v) is 32.9. The van der Waals surface area contributed by atoms with Gasteiger partial charge in [0.25, 0.3) is 0 Å². The molecule has 0 spiro atoms. The van der Waals surface area contributed by atoms with E-state index < -0.39 is 0 Å². The van der Waals surface area contributed by atoms with Crippen LogP contribution in [0, 0.1) is 5.92 Å². The fraction of sp³-hybridized carbons (Fsp3) is 0.179. The van der Waals surface area contributed by atoms with Gasteiger partial charge < -0.3 is 4.90 Å². The summed E-state index contributed by atoms with van der Waals surface area (Å²) in [7, 11) is 0. The molecule has 2 fully saturated rings. The summed E-state index contributed by atoms with van der Waals surface area (Å²) in [5.74, 6) is 0.951. The number of hydrogen-bond acceptors (Lipinski definition) is 1. The number of benzene rings is 8. The Morgan fingerprint density at radius 3 is 1.61 bits per heavy atom. The van der Waals surface area contributed by atoms with Gasteiger partial charge in [-0.05, 0) is 140 Å². The Labute approximate surface area is 337 Å². The van der Waals surface area contributed by atoms with E-state index >= 15 is 0 Å². The van der Waals surface area contributed by atoms with Gasteiger partial charge in [-0.15, -0.1) is 0 Å². The van der Waals surface area contributed by atoms with Crippen LogP contribution >= 0.6 is 0 Å². The lowest BCUT2D eigenvalue weighted by Crippen LogP contribution is -2.19. The molecule has 1 heteroatoms. The minimum Gasteiger partial charge on any atom is -0.310 e. The van der Waals surface area contributed by atoms with Crippen LogP contribution in [0.4, 0.5) is 17.1 Å². The molecule has 0 radical (unpaired) electrons. The van der Waals surface area contributed by atoms with Crippen LogP contribution in [-0.2, 0) is 10.8 Å². The van der Waals surface area contributed by atoms with Crippen molar-refractivity contribution < 1.29 is 0 Å². The number of hydrogen-bond donors (Lipinski definition) is 0. The molecular formula is C56H47N. The largest absolute Gasteiger partial charge is 0.310 e. The van der Waals surface area contributed by atoms with Crippen LogP contribution in [0.15, 0.2) is 182 Å². The molecule has 11 rings (SSSR count). The lowest BCUT2D eigenvalue weighted by molar-refractivity contribution is 0.419. The predicted octanol–water partition coefficient (Wildman–Crippen LogP) is 15.4.